The fourth-order valence-corrected chi connectivity index (χ4v) is 3.18. The number of benzene rings is 1. The standard InChI is InChI=1S/C16H23NO3.C2H6.CH4O/c1-3-11-6-7-14(19)16-15(11)13(9-20-16)12(10(2)17)5-4-8-18;2*1-2/h6-8,10,12-13,19H,3-5,9,17H2,1-2H3;1-2H3;2H,1H3. The number of ether oxygens (including phenoxy) is 1. The molecule has 1 aromatic rings. The second-order valence-corrected chi connectivity index (χ2v) is 5.52. The molecule has 0 radical (unpaired) electrons. The summed E-state index contributed by atoms with van der Waals surface area (Å²) in [6.45, 7) is 8.60. The Bertz CT molecular complexity index is 489. The van der Waals surface area contributed by atoms with Crippen molar-refractivity contribution in [3.8, 4) is 11.5 Å². The highest BCUT2D eigenvalue weighted by Gasteiger charge is 2.36. The van der Waals surface area contributed by atoms with Crippen molar-refractivity contribution in [1.29, 1.82) is 0 Å². The van der Waals surface area contributed by atoms with E-state index in [4.69, 9.17) is 15.6 Å². The number of phenolic OH excluding ortho intramolecular Hbond substituents is 1. The van der Waals surface area contributed by atoms with Crippen LogP contribution in [0.4, 0.5) is 0 Å². The molecular weight excluding hydrogens is 306 g/mol. The summed E-state index contributed by atoms with van der Waals surface area (Å²) in [5.74, 6) is 1.14. The van der Waals surface area contributed by atoms with E-state index in [1.165, 1.54) is 5.56 Å². The average molecular weight is 339 g/mol. The third-order valence-corrected chi connectivity index (χ3v) is 4.23. The van der Waals surface area contributed by atoms with Crippen molar-refractivity contribution in [2.45, 2.75) is 58.9 Å². The van der Waals surface area contributed by atoms with Gasteiger partial charge in [-0.1, -0.05) is 26.8 Å². The van der Waals surface area contributed by atoms with Gasteiger partial charge in [0.05, 0.1) is 6.61 Å². The SMILES string of the molecule is CC.CCc1ccc(O)c2c1C(C(CCC=O)C(C)N)CO2.CO. The Kier molecular flexibility index (Phi) is 11.1. The Hall–Kier alpha value is -1.59. The molecule has 0 saturated heterocycles. The molecule has 1 aliphatic rings. The maximum Gasteiger partial charge on any atom is 0.164 e. The first-order valence-corrected chi connectivity index (χ1v) is 8.71. The molecule has 1 aromatic carbocycles. The third kappa shape index (κ3) is 5.21. The number of carbonyl (C=O) groups excluding carboxylic acids is 1. The van der Waals surface area contributed by atoms with Crippen LogP contribution in [0.2, 0.25) is 0 Å². The number of nitrogens with two attached hydrogens (primary N) is 1. The number of aromatic hydroxyl groups is 1. The minimum atomic E-state index is -0.0124. The maximum absolute atomic E-state index is 10.7. The molecule has 5 nitrogen and oxygen atoms in total. The topological polar surface area (TPSA) is 92.8 Å². The largest absolute Gasteiger partial charge is 0.504 e. The molecule has 1 heterocycles. The van der Waals surface area contributed by atoms with Gasteiger partial charge in [-0.25, -0.2) is 0 Å². The molecule has 0 saturated carbocycles. The van der Waals surface area contributed by atoms with Crippen LogP contribution < -0.4 is 10.5 Å². The fourth-order valence-electron chi connectivity index (χ4n) is 3.18. The summed E-state index contributed by atoms with van der Waals surface area (Å²) in [6, 6.07) is 3.63. The van der Waals surface area contributed by atoms with Gasteiger partial charge in [0.1, 0.15) is 6.29 Å². The van der Waals surface area contributed by atoms with Gasteiger partial charge in [0.25, 0.3) is 0 Å². The van der Waals surface area contributed by atoms with Gasteiger partial charge in [0.15, 0.2) is 11.5 Å². The number of rotatable bonds is 6. The van der Waals surface area contributed by atoms with E-state index in [2.05, 4.69) is 6.92 Å². The van der Waals surface area contributed by atoms with E-state index in [9.17, 15) is 9.90 Å². The number of carbonyl (C=O) groups is 1. The molecule has 2 rings (SSSR count). The molecule has 0 amide bonds. The number of aliphatic hydroxyl groups is 1. The van der Waals surface area contributed by atoms with Crippen LogP contribution in [-0.2, 0) is 11.2 Å². The Morgan fingerprint density at radius 2 is 2.00 bits per heavy atom. The Morgan fingerprint density at radius 3 is 2.50 bits per heavy atom. The molecule has 0 fully saturated rings. The van der Waals surface area contributed by atoms with E-state index >= 15 is 0 Å². The number of hydrogen-bond donors (Lipinski definition) is 3. The lowest BCUT2D eigenvalue weighted by atomic mass is 9.78. The maximum atomic E-state index is 10.7. The van der Waals surface area contributed by atoms with Gasteiger partial charge in [-0.2, -0.15) is 0 Å². The lowest BCUT2D eigenvalue weighted by Gasteiger charge is -2.26. The monoisotopic (exact) mass is 339 g/mol. The molecule has 3 unspecified atom stereocenters. The van der Waals surface area contributed by atoms with Crippen molar-refractivity contribution < 1.29 is 19.7 Å². The van der Waals surface area contributed by atoms with Gasteiger partial charge in [-0.05, 0) is 37.3 Å². The van der Waals surface area contributed by atoms with E-state index < -0.39 is 0 Å². The second kappa shape index (κ2) is 11.9. The van der Waals surface area contributed by atoms with E-state index in [0.29, 0.717) is 18.8 Å². The molecule has 3 atom stereocenters. The summed E-state index contributed by atoms with van der Waals surface area (Å²) in [5, 5.41) is 17.0. The van der Waals surface area contributed by atoms with Crippen molar-refractivity contribution in [2.24, 2.45) is 11.7 Å². The summed E-state index contributed by atoms with van der Waals surface area (Å²) in [5.41, 5.74) is 8.39. The normalized spacial score (nSPS) is 17.2. The predicted octanol–water partition coefficient (Wildman–Crippen LogP) is 3.01. The van der Waals surface area contributed by atoms with Crippen LogP contribution in [0.15, 0.2) is 12.1 Å². The zero-order valence-electron chi connectivity index (χ0n) is 15.6. The van der Waals surface area contributed by atoms with Crippen molar-refractivity contribution in [1.82, 2.24) is 0 Å². The molecule has 1 aliphatic heterocycles. The molecule has 4 N–H and O–H groups in total. The van der Waals surface area contributed by atoms with Crippen LogP contribution in [0.5, 0.6) is 11.5 Å². The third-order valence-electron chi connectivity index (χ3n) is 4.23. The molecular formula is C19H33NO4. The number of phenols is 1. The predicted molar refractivity (Wildman–Crippen MR) is 97.6 cm³/mol. The van der Waals surface area contributed by atoms with Crippen LogP contribution in [-0.4, -0.2) is 36.3 Å². The summed E-state index contributed by atoms with van der Waals surface area (Å²) in [4.78, 5) is 10.7. The van der Waals surface area contributed by atoms with Gasteiger partial charge in [0, 0.05) is 31.1 Å². The molecule has 0 spiro atoms. The number of aldehydes is 1. The van der Waals surface area contributed by atoms with Crippen LogP contribution >= 0.6 is 0 Å². The van der Waals surface area contributed by atoms with Gasteiger partial charge in [-0.3, -0.25) is 0 Å². The Morgan fingerprint density at radius 1 is 1.38 bits per heavy atom. The minimum absolute atomic E-state index is 0.0124. The van der Waals surface area contributed by atoms with Crippen LogP contribution in [0.3, 0.4) is 0 Å². The van der Waals surface area contributed by atoms with E-state index in [0.717, 1.165) is 31.8 Å². The highest BCUT2D eigenvalue weighted by molar-refractivity contribution is 5.55. The average Bonchev–Trinajstić information content (AvgIpc) is 3.05. The quantitative estimate of drug-likeness (QED) is 0.693. The molecule has 138 valence electrons. The first-order valence-electron chi connectivity index (χ1n) is 8.71. The van der Waals surface area contributed by atoms with Gasteiger partial charge in [-0.15, -0.1) is 0 Å². The van der Waals surface area contributed by atoms with Crippen LogP contribution in [0.1, 0.15) is 57.6 Å². The highest BCUT2D eigenvalue weighted by atomic mass is 16.5. The molecule has 24 heavy (non-hydrogen) atoms. The lowest BCUT2D eigenvalue weighted by Crippen LogP contribution is -2.32. The Labute approximate surface area is 145 Å². The number of hydrogen-bond acceptors (Lipinski definition) is 5. The number of aryl methyl sites for hydroxylation is 1. The second-order valence-electron chi connectivity index (χ2n) is 5.52. The van der Waals surface area contributed by atoms with E-state index in [-0.39, 0.29) is 23.6 Å². The summed E-state index contributed by atoms with van der Waals surface area (Å²) in [7, 11) is 1.00. The smallest absolute Gasteiger partial charge is 0.164 e. The fraction of sp³-hybridized carbons (Fsp3) is 0.632. The zero-order chi connectivity index (χ0) is 18.7. The van der Waals surface area contributed by atoms with Crippen molar-refractivity contribution in [3.05, 3.63) is 23.3 Å². The first kappa shape index (κ1) is 22.4. The summed E-state index contributed by atoms with van der Waals surface area (Å²) >= 11 is 0. The van der Waals surface area contributed by atoms with Crippen molar-refractivity contribution in [2.75, 3.05) is 13.7 Å². The molecule has 0 aliphatic carbocycles. The first-order chi connectivity index (χ1) is 11.6. The Balaban J connectivity index is 0.00000123. The number of fused-ring (bicyclic) bond motifs is 1. The van der Waals surface area contributed by atoms with Gasteiger partial charge < -0.3 is 25.5 Å². The lowest BCUT2D eigenvalue weighted by molar-refractivity contribution is -0.108. The molecule has 5 heteroatoms. The van der Waals surface area contributed by atoms with E-state index in [1.54, 1.807) is 6.07 Å². The molecule has 0 bridgehead atoms. The summed E-state index contributed by atoms with van der Waals surface area (Å²) < 4.78 is 5.70. The number of aliphatic hydroxyl groups excluding tert-OH is 1. The van der Waals surface area contributed by atoms with Gasteiger partial charge >= 0.3 is 0 Å². The van der Waals surface area contributed by atoms with Crippen LogP contribution in [0, 0.1) is 5.92 Å². The van der Waals surface area contributed by atoms with Gasteiger partial charge in [0.2, 0.25) is 0 Å². The zero-order valence-corrected chi connectivity index (χ0v) is 15.6. The van der Waals surface area contributed by atoms with Crippen LogP contribution in [0.25, 0.3) is 0 Å². The summed E-state index contributed by atoms with van der Waals surface area (Å²) in [6.07, 6.45) is 3.10. The minimum Gasteiger partial charge on any atom is -0.504 e. The van der Waals surface area contributed by atoms with Crippen molar-refractivity contribution in [3.63, 3.8) is 0 Å². The van der Waals surface area contributed by atoms with E-state index in [1.807, 2.05) is 26.8 Å². The highest BCUT2D eigenvalue weighted by Crippen LogP contribution is 2.47. The van der Waals surface area contributed by atoms with Crippen molar-refractivity contribution >= 4 is 6.29 Å². The molecule has 0 aromatic heterocycles.